The van der Waals surface area contributed by atoms with Crippen molar-refractivity contribution in [3.8, 4) is 11.5 Å². The van der Waals surface area contributed by atoms with Gasteiger partial charge in [0.1, 0.15) is 0 Å². The van der Waals surface area contributed by atoms with Crippen molar-refractivity contribution in [3.05, 3.63) is 23.8 Å². The molecule has 0 saturated carbocycles. The Labute approximate surface area is 104 Å². The van der Waals surface area contributed by atoms with Crippen LogP contribution in [0.2, 0.25) is 0 Å². The molecule has 0 unspecified atom stereocenters. The summed E-state index contributed by atoms with van der Waals surface area (Å²) in [5.74, 6) is 0.741. The van der Waals surface area contributed by atoms with Gasteiger partial charge < -0.3 is 9.84 Å². The first-order chi connectivity index (χ1) is 8.08. The molecule has 0 atom stereocenters. The molecule has 0 spiro atoms. The van der Waals surface area contributed by atoms with Crippen molar-refractivity contribution in [3.63, 3.8) is 0 Å². The Kier molecular flexibility index (Phi) is 5.29. The Morgan fingerprint density at radius 2 is 2.06 bits per heavy atom. The van der Waals surface area contributed by atoms with E-state index in [-0.39, 0.29) is 5.75 Å². The molecule has 1 aromatic carbocycles. The average Bonchev–Trinajstić information content (AvgIpc) is 2.30. The fourth-order valence-corrected chi connectivity index (χ4v) is 1.86. The van der Waals surface area contributed by atoms with Crippen molar-refractivity contribution in [1.29, 1.82) is 0 Å². The third-order valence-electron chi connectivity index (χ3n) is 2.87. The van der Waals surface area contributed by atoms with Gasteiger partial charge in [-0.3, -0.25) is 4.90 Å². The van der Waals surface area contributed by atoms with E-state index >= 15 is 0 Å². The minimum atomic E-state index is 0.197. The monoisotopic (exact) mass is 237 g/mol. The van der Waals surface area contributed by atoms with Gasteiger partial charge in [0.25, 0.3) is 0 Å². The highest BCUT2D eigenvalue weighted by atomic mass is 16.5. The van der Waals surface area contributed by atoms with Crippen LogP contribution in [0.25, 0.3) is 0 Å². The summed E-state index contributed by atoms with van der Waals surface area (Å²) in [4.78, 5) is 2.41. The maximum absolute atomic E-state index is 9.54. The van der Waals surface area contributed by atoms with E-state index in [4.69, 9.17) is 4.74 Å². The number of ether oxygens (including phenoxy) is 1. The van der Waals surface area contributed by atoms with Crippen LogP contribution in [0.4, 0.5) is 0 Å². The fraction of sp³-hybridized carbons (Fsp3) is 0.571. The molecular weight excluding hydrogens is 214 g/mol. The van der Waals surface area contributed by atoms with Gasteiger partial charge in [0, 0.05) is 12.6 Å². The highest BCUT2D eigenvalue weighted by Crippen LogP contribution is 2.27. The summed E-state index contributed by atoms with van der Waals surface area (Å²) in [5.41, 5.74) is 1.17. The van der Waals surface area contributed by atoms with Crippen molar-refractivity contribution in [2.45, 2.75) is 39.8 Å². The van der Waals surface area contributed by atoms with E-state index < -0.39 is 0 Å². The Balaban J connectivity index is 2.78. The molecule has 0 aliphatic heterocycles. The van der Waals surface area contributed by atoms with Crippen LogP contribution in [0, 0.1) is 0 Å². The summed E-state index contributed by atoms with van der Waals surface area (Å²) in [6.45, 7) is 8.57. The van der Waals surface area contributed by atoms with Crippen molar-refractivity contribution in [2.75, 3.05) is 13.7 Å². The number of benzene rings is 1. The standard InChI is InChI=1S/C14H23NO2/c1-5-8-15(11(2)3)10-12-6-7-13(16)14(9-12)17-4/h6-7,9,11,16H,5,8,10H2,1-4H3. The average molecular weight is 237 g/mol. The maximum Gasteiger partial charge on any atom is 0.160 e. The Bertz CT molecular complexity index is 350. The van der Waals surface area contributed by atoms with Crippen LogP contribution in [0.5, 0.6) is 11.5 Å². The van der Waals surface area contributed by atoms with Crippen LogP contribution in [-0.4, -0.2) is 29.7 Å². The minimum absolute atomic E-state index is 0.197. The molecule has 3 nitrogen and oxygen atoms in total. The van der Waals surface area contributed by atoms with Gasteiger partial charge in [-0.2, -0.15) is 0 Å². The van der Waals surface area contributed by atoms with Crippen LogP contribution in [-0.2, 0) is 6.54 Å². The van der Waals surface area contributed by atoms with Gasteiger partial charge in [0.2, 0.25) is 0 Å². The summed E-state index contributed by atoms with van der Waals surface area (Å²) in [7, 11) is 1.57. The summed E-state index contributed by atoms with van der Waals surface area (Å²) in [6, 6.07) is 6.07. The van der Waals surface area contributed by atoms with Gasteiger partial charge >= 0.3 is 0 Å². The van der Waals surface area contributed by atoms with Crippen LogP contribution in [0.1, 0.15) is 32.8 Å². The largest absolute Gasteiger partial charge is 0.504 e. The lowest BCUT2D eigenvalue weighted by Crippen LogP contribution is -2.30. The van der Waals surface area contributed by atoms with Gasteiger partial charge in [-0.1, -0.05) is 13.0 Å². The third-order valence-corrected chi connectivity index (χ3v) is 2.87. The van der Waals surface area contributed by atoms with E-state index in [1.807, 2.05) is 12.1 Å². The predicted octanol–water partition coefficient (Wildman–Crippen LogP) is 3.02. The quantitative estimate of drug-likeness (QED) is 0.825. The Hall–Kier alpha value is -1.22. The molecule has 0 heterocycles. The first-order valence-corrected chi connectivity index (χ1v) is 6.18. The zero-order chi connectivity index (χ0) is 12.8. The highest BCUT2D eigenvalue weighted by molar-refractivity contribution is 5.41. The topological polar surface area (TPSA) is 32.7 Å². The first-order valence-electron chi connectivity index (χ1n) is 6.18. The van der Waals surface area contributed by atoms with Crippen molar-refractivity contribution >= 4 is 0 Å². The van der Waals surface area contributed by atoms with Crippen molar-refractivity contribution in [1.82, 2.24) is 4.90 Å². The summed E-state index contributed by atoms with van der Waals surface area (Å²) < 4.78 is 5.12. The lowest BCUT2D eigenvalue weighted by Gasteiger charge is -2.26. The number of aromatic hydroxyl groups is 1. The summed E-state index contributed by atoms with van der Waals surface area (Å²) >= 11 is 0. The summed E-state index contributed by atoms with van der Waals surface area (Å²) in [5, 5.41) is 9.54. The lowest BCUT2D eigenvalue weighted by molar-refractivity contribution is 0.213. The number of methoxy groups -OCH3 is 1. The molecule has 0 aliphatic carbocycles. The normalized spacial score (nSPS) is 11.2. The molecule has 3 heteroatoms. The smallest absolute Gasteiger partial charge is 0.160 e. The fourth-order valence-electron chi connectivity index (χ4n) is 1.86. The molecule has 0 bridgehead atoms. The molecule has 1 aromatic rings. The van der Waals surface area contributed by atoms with E-state index in [0.29, 0.717) is 11.8 Å². The molecule has 0 radical (unpaired) electrons. The Morgan fingerprint density at radius 1 is 1.35 bits per heavy atom. The second-order valence-electron chi connectivity index (χ2n) is 4.57. The number of nitrogens with zero attached hydrogens (tertiary/aromatic N) is 1. The van der Waals surface area contributed by atoms with Gasteiger partial charge in [0.05, 0.1) is 7.11 Å². The highest BCUT2D eigenvalue weighted by Gasteiger charge is 2.10. The molecule has 0 amide bonds. The zero-order valence-electron chi connectivity index (χ0n) is 11.2. The Morgan fingerprint density at radius 3 is 2.59 bits per heavy atom. The molecule has 1 N–H and O–H groups in total. The lowest BCUT2D eigenvalue weighted by atomic mass is 10.1. The molecular formula is C14H23NO2. The first kappa shape index (κ1) is 13.8. The molecule has 0 saturated heterocycles. The van der Waals surface area contributed by atoms with E-state index in [1.165, 1.54) is 5.56 Å². The molecule has 0 fully saturated rings. The molecule has 1 rings (SSSR count). The van der Waals surface area contributed by atoms with Crippen LogP contribution in [0.3, 0.4) is 0 Å². The molecule has 96 valence electrons. The third kappa shape index (κ3) is 3.93. The number of phenols is 1. The van der Waals surface area contributed by atoms with Crippen molar-refractivity contribution in [2.24, 2.45) is 0 Å². The van der Waals surface area contributed by atoms with E-state index in [0.717, 1.165) is 19.5 Å². The molecule has 0 aromatic heterocycles. The second-order valence-corrected chi connectivity index (χ2v) is 4.57. The van der Waals surface area contributed by atoms with Crippen LogP contribution < -0.4 is 4.74 Å². The number of hydrogen-bond acceptors (Lipinski definition) is 3. The van der Waals surface area contributed by atoms with Crippen LogP contribution >= 0.6 is 0 Å². The number of phenolic OH excluding ortho intramolecular Hbond substituents is 1. The van der Waals surface area contributed by atoms with Gasteiger partial charge in [0.15, 0.2) is 11.5 Å². The minimum Gasteiger partial charge on any atom is -0.504 e. The predicted molar refractivity (Wildman–Crippen MR) is 70.5 cm³/mol. The number of hydrogen-bond donors (Lipinski definition) is 1. The molecule has 0 aliphatic rings. The number of rotatable bonds is 6. The van der Waals surface area contributed by atoms with Gasteiger partial charge in [-0.25, -0.2) is 0 Å². The SMILES string of the molecule is CCCN(Cc1ccc(O)c(OC)c1)C(C)C. The second kappa shape index (κ2) is 6.50. The van der Waals surface area contributed by atoms with E-state index in [9.17, 15) is 5.11 Å². The maximum atomic E-state index is 9.54. The van der Waals surface area contributed by atoms with E-state index in [1.54, 1.807) is 13.2 Å². The van der Waals surface area contributed by atoms with Crippen LogP contribution in [0.15, 0.2) is 18.2 Å². The molecule has 17 heavy (non-hydrogen) atoms. The van der Waals surface area contributed by atoms with Gasteiger partial charge in [-0.05, 0) is 44.5 Å². The zero-order valence-corrected chi connectivity index (χ0v) is 11.2. The van der Waals surface area contributed by atoms with E-state index in [2.05, 4.69) is 25.7 Å². The summed E-state index contributed by atoms with van der Waals surface area (Å²) in [6.07, 6.45) is 1.15. The van der Waals surface area contributed by atoms with Gasteiger partial charge in [-0.15, -0.1) is 0 Å². The van der Waals surface area contributed by atoms with Crippen molar-refractivity contribution < 1.29 is 9.84 Å².